The van der Waals surface area contributed by atoms with Gasteiger partial charge in [-0.1, -0.05) is 36.9 Å². The van der Waals surface area contributed by atoms with E-state index in [9.17, 15) is 0 Å². The van der Waals surface area contributed by atoms with Gasteiger partial charge in [-0.25, -0.2) is 0 Å². The summed E-state index contributed by atoms with van der Waals surface area (Å²) in [6, 6.07) is 9.95. The molecule has 0 saturated carbocycles. The molecule has 2 aromatic rings. The van der Waals surface area contributed by atoms with E-state index in [1.807, 2.05) is 37.3 Å². The third-order valence-corrected chi connectivity index (χ3v) is 3.56. The first-order valence-electron chi connectivity index (χ1n) is 5.05. The third-order valence-electron chi connectivity index (χ3n) is 1.79. The number of thioether (sulfide) groups is 1. The fourth-order valence-corrected chi connectivity index (χ4v) is 2.79. The van der Waals surface area contributed by atoms with E-state index in [4.69, 9.17) is 11.6 Å². The van der Waals surface area contributed by atoms with E-state index in [2.05, 4.69) is 15.0 Å². The fourth-order valence-electron chi connectivity index (χ4n) is 1.15. The Morgan fingerprint density at radius 3 is 2.47 bits per heavy atom. The summed E-state index contributed by atoms with van der Waals surface area (Å²) in [6.07, 6.45) is 0. The average molecular weight is 284 g/mol. The highest BCUT2D eigenvalue weighted by Crippen LogP contribution is 2.26. The first kappa shape index (κ1) is 12.7. The van der Waals surface area contributed by atoms with Gasteiger partial charge in [-0.2, -0.15) is 15.0 Å². The second-order valence-electron chi connectivity index (χ2n) is 3.02. The minimum atomic E-state index is 0.245. The van der Waals surface area contributed by atoms with Crippen LogP contribution in [-0.4, -0.2) is 20.7 Å². The zero-order valence-corrected chi connectivity index (χ0v) is 11.5. The van der Waals surface area contributed by atoms with Crippen LogP contribution in [0.2, 0.25) is 5.28 Å². The summed E-state index contributed by atoms with van der Waals surface area (Å²) < 4.78 is 0. The maximum atomic E-state index is 5.86. The Kier molecular flexibility index (Phi) is 4.65. The van der Waals surface area contributed by atoms with Gasteiger partial charge in [0.1, 0.15) is 0 Å². The predicted molar refractivity (Wildman–Crippen MR) is 71.8 cm³/mol. The van der Waals surface area contributed by atoms with Gasteiger partial charge in [0.2, 0.25) is 5.28 Å². The molecule has 2 rings (SSSR count). The van der Waals surface area contributed by atoms with Crippen molar-refractivity contribution >= 4 is 35.1 Å². The highest BCUT2D eigenvalue weighted by Gasteiger charge is 2.06. The van der Waals surface area contributed by atoms with Crippen molar-refractivity contribution in [3.63, 3.8) is 0 Å². The fraction of sp³-hybridized carbons (Fsp3) is 0.182. The van der Waals surface area contributed by atoms with Gasteiger partial charge < -0.3 is 0 Å². The number of hydrogen-bond donors (Lipinski definition) is 0. The molecule has 17 heavy (non-hydrogen) atoms. The predicted octanol–water partition coefficient (Wildman–Crippen LogP) is 3.79. The lowest BCUT2D eigenvalue weighted by molar-refractivity contribution is 0.801. The molecule has 1 heterocycles. The first-order chi connectivity index (χ1) is 8.28. The largest absolute Gasteiger partial charge is 0.227 e. The Labute approximate surface area is 113 Å². The van der Waals surface area contributed by atoms with Crippen LogP contribution in [0.25, 0.3) is 0 Å². The van der Waals surface area contributed by atoms with Crippen molar-refractivity contribution < 1.29 is 0 Å². The molecular formula is C11H10ClN3S2. The summed E-state index contributed by atoms with van der Waals surface area (Å²) in [5.74, 6) is 0.912. The Hall–Kier alpha value is -0.780. The third kappa shape index (κ3) is 3.87. The molecule has 3 nitrogen and oxygen atoms in total. The number of hydrogen-bond acceptors (Lipinski definition) is 5. The smallest absolute Gasteiger partial charge is 0.196 e. The summed E-state index contributed by atoms with van der Waals surface area (Å²) >= 11 is 8.90. The van der Waals surface area contributed by atoms with Crippen LogP contribution in [-0.2, 0) is 0 Å². The summed E-state index contributed by atoms with van der Waals surface area (Å²) in [6.45, 7) is 2.05. The van der Waals surface area contributed by atoms with Gasteiger partial charge in [0.05, 0.1) is 0 Å². The minimum Gasteiger partial charge on any atom is -0.196 e. The highest BCUT2D eigenvalue weighted by molar-refractivity contribution is 7.99. The van der Waals surface area contributed by atoms with Crippen molar-refractivity contribution in [1.82, 2.24) is 15.0 Å². The maximum absolute atomic E-state index is 5.86. The van der Waals surface area contributed by atoms with Crippen LogP contribution in [0.4, 0.5) is 0 Å². The van der Waals surface area contributed by atoms with Crippen LogP contribution in [0.5, 0.6) is 0 Å². The van der Waals surface area contributed by atoms with E-state index in [1.165, 1.54) is 11.8 Å². The number of halogens is 1. The topological polar surface area (TPSA) is 38.7 Å². The van der Waals surface area contributed by atoms with Crippen LogP contribution in [0.15, 0.2) is 45.5 Å². The van der Waals surface area contributed by atoms with E-state index in [0.717, 1.165) is 10.6 Å². The van der Waals surface area contributed by atoms with E-state index in [1.54, 1.807) is 11.8 Å². The molecule has 0 N–H and O–H groups in total. The normalized spacial score (nSPS) is 10.5. The number of rotatable bonds is 4. The van der Waals surface area contributed by atoms with E-state index in [-0.39, 0.29) is 5.28 Å². The number of aromatic nitrogens is 3. The van der Waals surface area contributed by atoms with Crippen molar-refractivity contribution in [1.29, 1.82) is 0 Å². The number of nitrogens with zero attached hydrogens (tertiary/aromatic N) is 3. The lowest BCUT2D eigenvalue weighted by atomic mass is 10.4. The van der Waals surface area contributed by atoms with Gasteiger partial charge in [0.25, 0.3) is 0 Å². The van der Waals surface area contributed by atoms with Crippen molar-refractivity contribution in [3.05, 3.63) is 35.6 Å². The van der Waals surface area contributed by atoms with Crippen LogP contribution in [0.3, 0.4) is 0 Å². The zero-order valence-electron chi connectivity index (χ0n) is 9.13. The van der Waals surface area contributed by atoms with Gasteiger partial charge in [0, 0.05) is 4.90 Å². The molecule has 0 saturated heterocycles. The molecule has 0 amide bonds. The molecule has 0 fully saturated rings. The Morgan fingerprint density at radius 1 is 1.06 bits per heavy atom. The van der Waals surface area contributed by atoms with Crippen LogP contribution >= 0.6 is 35.1 Å². The van der Waals surface area contributed by atoms with Crippen LogP contribution in [0, 0.1) is 0 Å². The molecule has 0 aliphatic heterocycles. The van der Waals surface area contributed by atoms with Crippen molar-refractivity contribution in [2.75, 3.05) is 5.75 Å². The lowest BCUT2D eigenvalue weighted by Gasteiger charge is -2.02. The number of benzene rings is 1. The maximum Gasteiger partial charge on any atom is 0.227 e. The van der Waals surface area contributed by atoms with Gasteiger partial charge in [0.15, 0.2) is 10.3 Å². The molecule has 1 aromatic carbocycles. The quantitative estimate of drug-likeness (QED) is 0.798. The van der Waals surface area contributed by atoms with Gasteiger partial charge in [-0.15, -0.1) is 0 Å². The van der Waals surface area contributed by atoms with E-state index >= 15 is 0 Å². The van der Waals surface area contributed by atoms with Gasteiger partial charge >= 0.3 is 0 Å². The van der Waals surface area contributed by atoms with Crippen LogP contribution in [0.1, 0.15) is 6.92 Å². The molecule has 88 valence electrons. The molecular weight excluding hydrogens is 274 g/mol. The standard InChI is InChI=1S/C11H10ClN3S2/c1-2-16-10-13-9(12)14-11(15-10)17-8-6-4-3-5-7-8/h3-7H,2H2,1H3. The van der Waals surface area contributed by atoms with Crippen molar-refractivity contribution in [2.24, 2.45) is 0 Å². The lowest BCUT2D eigenvalue weighted by Crippen LogP contribution is -1.94. The SMILES string of the molecule is CCSc1nc(Cl)nc(Sc2ccccc2)n1. The van der Waals surface area contributed by atoms with E-state index in [0.29, 0.717) is 10.3 Å². The molecule has 0 radical (unpaired) electrons. The molecule has 0 unspecified atom stereocenters. The molecule has 6 heteroatoms. The monoisotopic (exact) mass is 283 g/mol. The Bertz CT molecular complexity index is 493. The summed E-state index contributed by atoms with van der Waals surface area (Å²) in [5, 5.41) is 1.55. The second-order valence-corrected chi connectivity index (χ2v) is 5.63. The van der Waals surface area contributed by atoms with Crippen molar-refractivity contribution in [2.45, 2.75) is 22.1 Å². The molecule has 0 aliphatic carbocycles. The highest BCUT2D eigenvalue weighted by atomic mass is 35.5. The van der Waals surface area contributed by atoms with Gasteiger partial charge in [-0.3, -0.25) is 0 Å². The Balaban J connectivity index is 2.21. The van der Waals surface area contributed by atoms with Crippen molar-refractivity contribution in [3.8, 4) is 0 Å². The summed E-state index contributed by atoms with van der Waals surface area (Å²) in [5.41, 5.74) is 0. The molecule has 0 aliphatic rings. The summed E-state index contributed by atoms with van der Waals surface area (Å²) in [7, 11) is 0. The zero-order chi connectivity index (χ0) is 12.1. The minimum absolute atomic E-state index is 0.245. The second kappa shape index (κ2) is 6.23. The molecule has 0 spiro atoms. The Morgan fingerprint density at radius 2 is 1.76 bits per heavy atom. The molecule has 0 bridgehead atoms. The van der Waals surface area contributed by atoms with Crippen LogP contribution < -0.4 is 0 Å². The molecule has 1 aromatic heterocycles. The average Bonchev–Trinajstić information content (AvgIpc) is 2.30. The molecule has 0 atom stereocenters. The van der Waals surface area contributed by atoms with E-state index < -0.39 is 0 Å². The summed E-state index contributed by atoms with van der Waals surface area (Å²) in [4.78, 5) is 13.6. The van der Waals surface area contributed by atoms with Gasteiger partial charge in [-0.05, 0) is 41.2 Å². The first-order valence-corrected chi connectivity index (χ1v) is 7.23.